The second-order valence-electron chi connectivity index (χ2n) is 4.88. The standard InChI is InChI=1S/C16H22OS2/c1-3-5-6-12(4-2)14-9-10-18-16(14)15-8-7-13(11-17)19-15/h7-10,12,17H,3-6,11H2,1-2H3. The van der Waals surface area contributed by atoms with E-state index in [1.165, 1.54) is 41.0 Å². The van der Waals surface area contributed by atoms with Crippen LogP contribution in [0.5, 0.6) is 0 Å². The molecule has 1 unspecified atom stereocenters. The Labute approximate surface area is 123 Å². The van der Waals surface area contributed by atoms with Gasteiger partial charge in [-0.05, 0) is 47.9 Å². The first-order valence-corrected chi connectivity index (χ1v) is 8.77. The van der Waals surface area contributed by atoms with Gasteiger partial charge in [-0.15, -0.1) is 22.7 Å². The van der Waals surface area contributed by atoms with Gasteiger partial charge in [-0.25, -0.2) is 0 Å². The maximum atomic E-state index is 9.20. The lowest BCUT2D eigenvalue weighted by molar-refractivity contribution is 0.285. The first kappa shape index (κ1) is 14.8. The second kappa shape index (κ2) is 7.22. The maximum Gasteiger partial charge on any atom is 0.0774 e. The van der Waals surface area contributed by atoms with E-state index in [1.807, 2.05) is 17.4 Å². The number of aliphatic hydroxyl groups excluding tert-OH is 1. The van der Waals surface area contributed by atoms with Gasteiger partial charge in [0.05, 0.1) is 6.61 Å². The highest BCUT2D eigenvalue weighted by Gasteiger charge is 2.16. The van der Waals surface area contributed by atoms with E-state index in [0.29, 0.717) is 5.92 Å². The lowest BCUT2D eigenvalue weighted by atomic mass is 9.91. The predicted molar refractivity (Wildman–Crippen MR) is 86.1 cm³/mol. The molecule has 0 saturated heterocycles. The molecule has 104 valence electrons. The summed E-state index contributed by atoms with van der Waals surface area (Å²) in [5.41, 5.74) is 1.51. The summed E-state index contributed by atoms with van der Waals surface area (Å²) in [5, 5.41) is 11.4. The molecule has 0 aromatic carbocycles. The molecule has 0 aliphatic carbocycles. The summed E-state index contributed by atoms with van der Waals surface area (Å²) in [6, 6.07) is 6.48. The van der Waals surface area contributed by atoms with Crippen LogP contribution in [0.4, 0.5) is 0 Å². The zero-order valence-corrected chi connectivity index (χ0v) is 13.3. The SMILES string of the molecule is CCCCC(CC)c1ccsc1-c1ccc(CO)s1. The predicted octanol–water partition coefficient (Wildman–Crippen LogP) is 5.65. The molecule has 1 N–H and O–H groups in total. The molecular formula is C16H22OS2. The summed E-state index contributed by atoms with van der Waals surface area (Å²) in [6.45, 7) is 4.70. The molecule has 2 rings (SSSR count). The fourth-order valence-electron chi connectivity index (χ4n) is 2.46. The van der Waals surface area contributed by atoms with Crippen molar-refractivity contribution in [3.63, 3.8) is 0 Å². The molecule has 2 aromatic heterocycles. The van der Waals surface area contributed by atoms with Gasteiger partial charge in [0.1, 0.15) is 0 Å². The molecule has 2 aromatic rings. The highest BCUT2D eigenvalue weighted by Crippen LogP contribution is 2.40. The fraction of sp³-hybridized carbons (Fsp3) is 0.500. The van der Waals surface area contributed by atoms with E-state index in [1.54, 1.807) is 11.3 Å². The minimum atomic E-state index is 0.151. The largest absolute Gasteiger partial charge is 0.391 e. The van der Waals surface area contributed by atoms with Crippen LogP contribution in [-0.2, 0) is 6.61 Å². The second-order valence-corrected chi connectivity index (χ2v) is 6.96. The molecule has 0 spiro atoms. The third kappa shape index (κ3) is 3.47. The van der Waals surface area contributed by atoms with Crippen LogP contribution in [0.25, 0.3) is 9.75 Å². The Morgan fingerprint density at radius 2 is 2.05 bits per heavy atom. The molecule has 1 atom stereocenters. The van der Waals surface area contributed by atoms with Gasteiger partial charge >= 0.3 is 0 Å². The zero-order valence-electron chi connectivity index (χ0n) is 11.7. The number of aliphatic hydroxyl groups is 1. The fourth-order valence-corrected chi connectivity index (χ4v) is 4.46. The highest BCUT2D eigenvalue weighted by molar-refractivity contribution is 7.21. The summed E-state index contributed by atoms with van der Waals surface area (Å²) >= 11 is 3.55. The van der Waals surface area contributed by atoms with Crippen LogP contribution >= 0.6 is 22.7 Å². The van der Waals surface area contributed by atoms with Crippen LogP contribution in [0, 0.1) is 0 Å². The number of hydrogen-bond donors (Lipinski definition) is 1. The number of thiophene rings is 2. The number of unbranched alkanes of at least 4 members (excludes halogenated alkanes) is 1. The van der Waals surface area contributed by atoms with Gasteiger partial charge in [-0.1, -0.05) is 26.7 Å². The summed E-state index contributed by atoms with van der Waals surface area (Å²) in [6.07, 6.45) is 5.07. The third-order valence-corrected chi connectivity index (χ3v) is 5.76. The first-order valence-electron chi connectivity index (χ1n) is 7.07. The minimum absolute atomic E-state index is 0.151. The van der Waals surface area contributed by atoms with Gasteiger partial charge in [0.2, 0.25) is 0 Å². The van der Waals surface area contributed by atoms with Crippen LogP contribution in [0.1, 0.15) is 55.9 Å². The van der Waals surface area contributed by atoms with Gasteiger partial charge in [0.25, 0.3) is 0 Å². The lowest BCUT2D eigenvalue weighted by Gasteiger charge is -2.15. The Morgan fingerprint density at radius 3 is 2.68 bits per heavy atom. The third-order valence-electron chi connectivity index (χ3n) is 3.58. The average molecular weight is 294 g/mol. The van der Waals surface area contributed by atoms with Crippen LogP contribution in [-0.4, -0.2) is 5.11 Å². The van der Waals surface area contributed by atoms with E-state index in [2.05, 4.69) is 31.4 Å². The highest BCUT2D eigenvalue weighted by atomic mass is 32.1. The van der Waals surface area contributed by atoms with Gasteiger partial charge < -0.3 is 5.11 Å². The van der Waals surface area contributed by atoms with Crippen LogP contribution in [0.15, 0.2) is 23.6 Å². The van der Waals surface area contributed by atoms with E-state index >= 15 is 0 Å². The van der Waals surface area contributed by atoms with Crippen molar-refractivity contribution < 1.29 is 5.11 Å². The van der Waals surface area contributed by atoms with Crippen LogP contribution < -0.4 is 0 Å². The first-order chi connectivity index (χ1) is 9.30. The van der Waals surface area contributed by atoms with Crippen LogP contribution in [0.2, 0.25) is 0 Å². The molecule has 0 amide bonds. The molecule has 0 aliphatic heterocycles. The number of hydrogen-bond acceptors (Lipinski definition) is 3. The van der Waals surface area contributed by atoms with Gasteiger partial charge in [0, 0.05) is 14.6 Å². The van der Waals surface area contributed by atoms with E-state index in [9.17, 15) is 5.11 Å². The van der Waals surface area contributed by atoms with Gasteiger partial charge in [-0.3, -0.25) is 0 Å². The normalized spacial score (nSPS) is 12.8. The molecule has 0 radical (unpaired) electrons. The Hall–Kier alpha value is -0.640. The average Bonchev–Trinajstić information content (AvgIpc) is 3.07. The maximum absolute atomic E-state index is 9.20. The topological polar surface area (TPSA) is 20.2 Å². The molecular weight excluding hydrogens is 272 g/mol. The van der Waals surface area contributed by atoms with Crippen LogP contribution in [0.3, 0.4) is 0 Å². The molecule has 1 nitrogen and oxygen atoms in total. The van der Waals surface area contributed by atoms with E-state index in [-0.39, 0.29) is 6.61 Å². The summed E-state index contributed by atoms with van der Waals surface area (Å²) < 4.78 is 0. The van der Waals surface area contributed by atoms with E-state index < -0.39 is 0 Å². The van der Waals surface area contributed by atoms with Gasteiger partial charge in [-0.2, -0.15) is 0 Å². The lowest BCUT2D eigenvalue weighted by Crippen LogP contribution is -1.97. The van der Waals surface area contributed by atoms with E-state index in [4.69, 9.17) is 0 Å². The van der Waals surface area contributed by atoms with Crippen molar-refractivity contribution in [2.75, 3.05) is 0 Å². The Morgan fingerprint density at radius 1 is 1.21 bits per heavy atom. The Kier molecular flexibility index (Phi) is 5.61. The van der Waals surface area contributed by atoms with Gasteiger partial charge in [0.15, 0.2) is 0 Å². The number of rotatable bonds is 7. The van der Waals surface area contributed by atoms with Crippen molar-refractivity contribution >= 4 is 22.7 Å². The summed E-state index contributed by atoms with van der Waals surface area (Å²) in [7, 11) is 0. The quantitative estimate of drug-likeness (QED) is 0.699. The molecule has 0 aliphatic rings. The van der Waals surface area contributed by atoms with Crippen molar-refractivity contribution in [1.29, 1.82) is 0 Å². The van der Waals surface area contributed by atoms with Crippen molar-refractivity contribution in [1.82, 2.24) is 0 Å². The molecule has 0 saturated carbocycles. The van der Waals surface area contributed by atoms with Crippen molar-refractivity contribution in [2.45, 2.75) is 52.1 Å². The minimum Gasteiger partial charge on any atom is -0.391 e. The Balaban J connectivity index is 2.25. The van der Waals surface area contributed by atoms with Crippen molar-refractivity contribution in [3.8, 4) is 9.75 Å². The van der Waals surface area contributed by atoms with Crippen molar-refractivity contribution in [3.05, 3.63) is 34.0 Å². The Bertz CT molecular complexity index is 498. The molecule has 2 heterocycles. The molecule has 0 fully saturated rings. The smallest absolute Gasteiger partial charge is 0.0774 e. The molecule has 0 bridgehead atoms. The van der Waals surface area contributed by atoms with Crippen molar-refractivity contribution in [2.24, 2.45) is 0 Å². The monoisotopic (exact) mass is 294 g/mol. The molecule has 3 heteroatoms. The summed E-state index contributed by atoms with van der Waals surface area (Å²) in [5.74, 6) is 0.681. The summed E-state index contributed by atoms with van der Waals surface area (Å²) in [4.78, 5) is 3.77. The molecule has 19 heavy (non-hydrogen) atoms. The van der Waals surface area contributed by atoms with E-state index in [0.717, 1.165) is 4.88 Å². The zero-order chi connectivity index (χ0) is 13.7.